The van der Waals surface area contributed by atoms with Crippen molar-refractivity contribution < 1.29 is 23.1 Å². The third kappa shape index (κ3) is 4.91. The Balaban J connectivity index is 2.01. The minimum Gasteiger partial charge on any atom is -0.456 e. The summed E-state index contributed by atoms with van der Waals surface area (Å²) in [5.74, 6) is -2.37. The molecule has 0 aliphatic rings. The van der Waals surface area contributed by atoms with Gasteiger partial charge in [-0.15, -0.1) is 0 Å². The van der Waals surface area contributed by atoms with Crippen LogP contribution in [0.3, 0.4) is 0 Å². The summed E-state index contributed by atoms with van der Waals surface area (Å²) in [6, 6.07) is 12.8. The fourth-order valence-corrected chi connectivity index (χ4v) is 2.85. The van der Waals surface area contributed by atoms with E-state index in [1.165, 1.54) is 25.1 Å². The summed E-state index contributed by atoms with van der Waals surface area (Å²) in [7, 11) is 0. The van der Waals surface area contributed by atoms with Gasteiger partial charge in [0.25, 0.3) is 5.91 Å². The van der Waals surface area contributed by atoms with Crippen molar-refractivity contribution in [1.29, 1.82) is 0 Å². The first kappa shape index (κ1) is 20.8. The highest BCUT2D eigenvalue weighted by Crippen LogP contribution is 2.34. The van der Waals surface area contributed by atoms with Crippen molar-refractivity contribution in [3.8, 4) is 11.5 Å². The molecule has 3 aromatic rings. The standard InChI is InChI=1S/C22H19F2N3O3/c1-12-6-7-18(17(24)8-12)27-19-9-14(23)10-20(21(19)22(25)29)30-16-5-3-4-15(11-16)26-13(2)28/h3-11,27H,1-2H3,(H2,25,29)(H,26,28). The van der Waals surface area contributed by atoms with Crippen molar-refractivity contribution in [1.82, 2.24) is 0 Å². The lowest BCUT2D eigenvalue weighted by molar-refractivity contribution is -0.114. The zero-order valence-corrected chi connectivity index (χ0v) is 16.3. The van der Waals surface area contributed by atoms with Crippen LogP contribution in [0.15, 0.2) is 54.6 Å². The van der Waals surface area contributed by atoms with Crippen molar-refractivity contribution in [3.05, 3.63) is 77.4 Å². The Hall–Kier alpha value is -3.94. The zero-order valence-electron chi connectivity index (χ0n) is 16.3. The molecule has 154 valence electrons. The minimum absolute atomic E-state index is 0.0433. The van der Waals surface area contributed by atoms with E-state index in [4.69, 9.17) is 10.5 Å². The van der Waals surface area contributed by atoms with E-state index in [1.807, 2.05) is 0 Å². The third-order valence-corrected chi connectivity index (χ3v) is 4.09. The molecule has 0 radical (unpaired) electrons. The molecule has 0 aliphatic heterocycles. The minimum atomic E-state index is -0.891. The maximum atomic E-state index is 14.3. The molecule has 6 nitrogen and oxygen atoms in total. The highest BCUT2D eigenvalue weighted by Gasteiger charge is 2.19. The number of nitrogens with one attached hydrogen (secondary N) is 2. The summed E-state index contributed by atoms with van der Waals surface area (Å²) in [5.41, 5.74) is 6.51. The van der Waals surface area contributed by atoms with E-state index in [-0.39, 0.29) is 34.3 Å². The Labute approximate surface area is 171 Å². The van der Waals surface area contributed by atoms with Gasteiger partial charge in [-0.3, -0.25) is 9.59 Å². The van der Waals surface area contributed by atoms with Gasteiger partial charge in [0.1, 0.15) is 28.7 Å². The number of hydrogen-bond donors (Lipinski definition) is 3. The Morgan fingerprint density at radius 1 is 1.00 bits per heavy atom. The molecule has 30 heavy (non-hydrogen) atoms. The second kappa shape index (κ2) is 8.60. The van der Waals surface area contributed by atoms with Gasteiger partial charge in [0.15, 0.2) is 0 Å². The van der Waals surface area contributed by atoms with Crippen LogP contribution in [0.4, 0.5) is 25.8 Å². The van der Waals surface area contributed by atoms with Crippen LogP contribution in [-0.2, 0) is 4.79 Å². The van der Waals surface area contributed by atoms with Crippen LogP contribution in [0, 0.1) is 18.6 Å². The van der Waals surface area contributed by atoms with Gasteiger partial charge < -0.3 is 21.1 Å². The Kier molecular flexibility index (Phi) is 5.96. The molecule has 0 spiro atoms. The summed E-state index contributed by atoms with van der Waals surface area (Å²) in [6.07, 6.45) is 0. The van der Waals surface area contributed by atoms with E-state index in [9.17, 15) is 18.4 Å². The topological polar surface area (TPSA) is 93.4 Å². The van der Waals surface area contributed by atoms with Crippen LogP contribution in [-0.4, -0.2) is 11.8 Å². The third-order valence-electron chi connectivity index (χ3n) is 4.09. The molecule has 4 N–H and O–H groups in total. The second-order valence-corrected chi connectivity index (χ2v) is 6.61. The number of nitrogens with two attached hydrogens (primary N) is 1. The molecular weight excluding hydrogens is 392 g/mol. The van der Waals surface area contributed by atoms with E-state index >= 15 is 0 Å². The Morgan fingerprint density at radius 3 is 2.43 bits per heavy atom. The Bertz CT molecular complexity index is 1130. The van der Waals surface area contributed by atoms with E-state index < -0.39 is 17.5 Å². The van der Waals surface area contributed by atoms with Gasteiger partial charge in [0.05, 0.1) is 11.4 Å². The van der Waals surface area contributed by atoms with Gasteiger partial charge in [-0.25, -0.2) is 8.78 Å². The summed E-state index contributed by atoms with van der Waals surface area (Å²) in [5, 5.41) is 5.30. The molecule has 0 atom stereocenters. The van der Waals surface area contributed by atoms with E-state index in [0.717, 1.165) is 12.1 Å². The number of halogens is 2. The lowest BCUT2D eigenvalue weighted by Crippen LogP contribution is -2.15. The number of hydrogen-bond acceptors (Lipinski definition) is 4. The number of primary amides is 1. The molecule has 0 saturated heterocycles. The number of ether oxygens (including phenoxy) is 1. The number of amides is 2. The first-order valence-electron chi connectivity index (χ1n) is 8.95. The van der Waals surface area contributed by atoms with E-state index in [0.29, 0.717) is 11.3 Å². The van der Waals surface area contributed by atoms with Crippen molar-refractivity contribution >= 4 is 28.9 Å². The predicted octanol–water partition coefficient (Wildman–Crippen LogP) is 4.87. The zero-order chi connectivity index (χ0) is 21.8. The summed E-state index contributed by atoms with van der Waals surface area (Å²) >= 11 is 0. The van der Waals surface area contributed by atoms with E-state index in [2.05, 4.69) is 10.6 Å². The molecule has 0 bridgehead atoms. The number of aryl methyl sites for hydroxylation is 1. The molecular formula is C22H19F2N3O3. The Morgan fingerprint density at radius 2 is 1.77 bits per heavy atom. The average molecular weight is 411 g/mol. The van der Waals surface area contributed by atoms with Crippen molar-refractivity contribution in [2.75, 3.05) is 10.6 Å². The normalized spacial score (nSPS) is 10.4. The van der Waals surface area contributed by atoms with Crippen molar-refractivity contribution in [2.45, 2.75) is 13.8 Å². The van der Waals surface area contributed by atoms with Crippen molar-refractivity contribution in [3.63, 3.8) is 0 Å². The lowest BCUT2D eigenvalue weighted by atomic mass is 10.1. The van der Waals surface area contributed by atoms with E-state index in [1.54, 1.807) is 31.2 Å². The van der Waals surface area contributed by atoms with Gasteiger partial charge >= 0.3 is 0 Å². The number of anilines is 3. The lowest BCUT2D eigenvalue weighted by Gasteiger charge is -2.16. The van der Waals surface area contributed by atoms with Crippen molar-refractivity contribution in [2.24, 2.45) is 5.73 Å². The SMILES string of the molecule is CC(=O)Nc1cccc(Oc2cc(F)cc(Nc3ccc(C)cc3F)c2C(N)=O)c1. The molecule has 0 saturated carbocycles. The highest BCUT2D eigenvalue weighted by molar-refractivity contribution is 6.02. The fraction of sp³-hybridized carbons (Fsp3) is 0.0909. The largest absolute Gasteiger partial charge is 0.456 e. The van der Waals surface area contributed by atoms with Gasteiger partial charge in [-0.05, 0) is 42.8 Å². The molecule has 0 aromatic heterocycles. The number of rotatable bonds is 6. The summed E-state index contributed by atoms with van der Waals surface area (Å²) < 4.78 is 34.2. The van der Waals surface area contributed by atoms with Crippen LogP contribution >= 0.6 is 0 Å². The first-order chi connectivity index (χ1) is 14.2. The maximum Gasteiger partial charge on any atom is 0.254 e. The molecule has 0 heterocycles. The molecule has 2 amide bonds. The van der Waals surface area contributed by atoms with Crippen LogP contribution < -0.4 is 21.1 Å². The molecule has 0 unspecified atom stereocenters. The van der Waals surface area contributed by atoms with Gasteiger partial charge in [-0.1, -0.05) is 12.1 Å². The van der Waals surface area contributed by atoms with Crippen LogP contribution in [0.5, 0.6) is 11.5 Å². The van der Waals surface area contributed by atoms with Gasteiger partial charge in [-0.2, -0.15) is 0 Å². The monoisotopic (exact) mass is 411 g/mol. The van der Waals surface area contributed by atoms with Crippen LogP contribution in [0.1, 0.15) is 22.8 Å². The molecule has 3 aromatic carbocycles. The smallest absolute Gasteiger partial charge is 0.254 e. The number of benzene rings is 3. The average Bonchev–Trinajstić information content (AvgIpc) is 2.63. The summed E-state index contributed by atoms with van der Waals surface area (Å²) in [6.45, 7) is 3.08. The van der Waals surface area contributed by atoms with Crippen LogP contribution in [0.2, 0.25) is 0 Å². The predicted molar refractivity (Wildman–Crippen MR) is 110 cm³/mol. The number of carbonyl (C=O) groups excluding carboxylic acids is 2. The molecule has 0 fully saturated rings. The first-order valence-corrected chi connectivity index (χ1v) is 8.95. The van der Waals surface area contributed by atoms with Gasteiger partial charge in [0.2, 0.25) is 5.91 Å². The number of carbonyl (C=O) groups is 2. The molecule has 0 aliphatic carbocycles. The highest BCUT2D eigenvalue weighted by atomic mass is 19.1. The quantitative estimate of drug-likeness (QED) is 0.540. The molecule has 8 heteroatoms. The van der Waals surface area contributed by atoms with Crippen LogP contribution in [0.25, 0.3) is 0 Å². The molecule has 3 rings (SSSR count). The second-order valence-electron chi connectivity index (χ2n) is 6.61. The maximum absolute atomic E-state index is 14.3. The van der Waals surface area contributed by atoms with Gasteiger partial charge in [0, 0.05) is 24.7 Å². The fourth-order valence-electron chi connectivity index (χ4n) is 2.85. The summed E-state index contributed by atoms with van der Waals surface area (Å²) in [4.78, 5) is 23.4.